The number of rotatable bonds is 10. The first-order chi connectivity index (χ1) is 13.7. The van der Waals surface area contributed by atoms with E-state index in [4.69, 9.17) is 14.5 Å². The second-order valence-electron chi connectivity index (χ2n) is 6.99. The second-order valence-corrected chi connectivity index (χ2v) is 8.16. The SMILES string of the molecule is CCCOc1ccc(C(=O)NCCCc2nc3c(s2)CCCC3)cc1OCC. The van der Waals surface area contributed by atoms with Gasteiger partial charge in [-0.2, -0.15) is 0 Å². The van der Waals surface area contributed by atoms with Crippen LogP contribution in [0.3, 0.4) is 0 Å². The molecule has 1 aromatic carbocycles. The summed E-state index contributed by atoms with van der Waals surface area (Å²) in [6, 6.07) is 5.37. The molecule has 1 aliphatic carbocycles. The summed E-state index contributed by atoms with van der Waals surface area (Å²) in [5.74, 6) is 1.23. The number of ether oxygens (including phenoxy) is 2. The summed E-state index contributed by atoms with van der Waals surface area (Å²) in [5.41, 5.74) is 1.90. The van der Waals surface area contributed by atoms with Crippen molar-refractivity contribution in [3.05, 3.63) is 39.3 Å². The normalized spacial score (nSPS) is 13.1. The number of nitrogens with one attached hydrogen (secondary N) is 1. The third kappa shape index (κ3) is 5.47. The number of aryl methyl sites for hydroxylation is 3. The van der Waals surface area contributed by atoms with Crippen molar-refractivity contribution in [2.75, 3.05) is 19.8 Å². The number of thiazole rings is 1. The molecule has 0 bridgehead atoms. The van der Waals surface area contributed by atoms with Gasteiger partial charge in [0.1, 0.15) is 0 Å². The molecule has 1 heterocycles. The number of hydrogen-bond donors (Lipinski definition) is 1. The van der Waals surface area contributed by atoms with Crippen LogP contribution in [0.15, 0.2) is 18.2 Å². The zero-order valence-corrected chi connectivity index (χ0v) is 17.7. The summed E-state index contributed by atoms with van der Waals surface area (Å²) < 4.78 is 11.3. The molecule has 3 rings (SSSR count). The lowest BCUT2D eigenvalue weighted by atomic mass is 10.0. The van der Waals surface area contributed by atoms with Gasteiger partial charge >= 0.3 is 0 Å². The van der Waals surface area contributed by atoms with Gasteiger partial charge in [0.2, 0.25) is 0 Å². The second kappa shape index (κ2) is 10.5. The lowest BCUT2D eigenvalue weighted by Gasteiger charge is -2.13. The molecule has 2 aromatic rings. The van der Waals surface area contributed by atoms with Gasteiger partial charge in [0, 0.05) is 23.4 Å². The van der Waals surface area contributed by atoms with Crippen molar-refractivity contribution in [3.8, 4) is 11.5 Å². The number of benzene rings is 1. The number of nitrogens with zero attached hydrogens (tertiary/aromatic N) is 1. The lowest BCUT2D eigenvalue weighted by Crippen LogP contribution is -2.24. The van der Waals surface area contributed by atoms with Crippen LogP contribution in [0.25, 0.3) is 0 Å². The van der Waals surface area contributed by atoms with E-state index in [0.717, 1.165) is 25.7 Å². The number of amides is 1. The number of carbonyl (C=O) groups is 1. The lowest BCUT2D eigenvalue weighted by molar-refractivity contribution is 0.0952. The molecule has 5 nitrogen and oxygen atoms in total. The zero-order chi connectivity index (χ0) is 19.8. The highest BCUT2D eigenvalue weighted by atomic mass is 32.1. The third-order valence-electron chi connectivity index (χ3n) is 4.71. The average molecular weight is 403 g/mol. The first-order valence-corrected chi connectivity index (χ1v) is 11.2. The maximum Gasteiger partial charge on any atom is 0.251 e. The highest BCUT2D eigenvalue weighted by Gasteiger charge is 2.15. The molecule has 0 fully saturated rings. The quantitative estimate of drug-likeness (QED) is 0.591. The first kappa shape index (κ1) is 20.6. The molecule has 1 N–H and O–H groups in total. The predicted molar refractivity (Wildman–Crippen MR) is 113 cm³/mol. The fraction of sp³-hybridized carbons (Fsp3) is 0.545. The molecule has 0 atom stereocenters. The fourth-order valence-corrected chi connectivity index (χ4v) is 4.50. The van der Waals surface area contributed by atoms with E-state index in [1.54, 1.807) is 12.1 Å². The van der Waals surface area contributed by atoms with E-state index in [1.807, 2.05) is 24.3 Å². The topological polar surface area (TPSA) is 60.5 Å². The van der Waals surface area contributed by atoms with Crippen LogP contribution in [0.1, 0.15) is 65.5 Å². The van der Waals surface area contributed by atoms with Crippen LogP contribution in [0.5, 0.6) is 11.5 Å². The highest BCUT2D eigenvalue weighted by Crippen LogP contribution is 2.29. The van der Waals surface area contributed by atoms with Crippen LogP contribution >= 0.6 is 11.3 Å². The van der Waals surface area contributed by atoms with Gasteiger partial charge in [-0.15, -0.1) is 11.3 Å². The van der Waals surface area contributed by atoms with Crippen LogP contribution < -0.4 is 14.8 Å². The molecule has 0 saturated carbocycles. The van der Waals surface area contributed by atoms with Crippen molar-refractivity contribution in [3.63, 3.8) is 0 Å². The van der Waals surface area contributed by atoms with Crippen molar-refractivity contribution in [2.45, 2.75) is 58.8 Å². The van der Waals surface area contributed by atoms with Gasteiger partial charge < -0.3 is 14.8 Å². The molecule has 1 amide bonds. The number of carbonyl (C=O) groups excluding carboxylic acids is 1. The summed E-state index contributed by atoms with van der Waals surface area (Å²) in [6.45, 7) is 5.79. The largest absolute Gasteiger partial charge is 0.490 e. The Morgan fingerprint density at radius 3 is 2.82 bits per heavy atom. The van der Waals surface area contributed by atoms with Crippen LogP contribution in [0.2, 0.25) is 0 Å². The van der Waals surface area contributed by atoms with E-state index in [2.05, 4.69) is 12.2 Å². The number of fused-ring (bicyclic) bond motifs is 1. The fourth-order valence-electron chi connectivity index (χ4n) is 3.30. The monoisotopic (exact) mass is 402 g/mol. The molecule has 0 saturated heterocycles. The van der Waals surface area contributed by atoms with Gasteiger partial charge in [-0.3, -0.25) is 4.79 Å². The van der Waals surface area contributed by atoms with Crippen molar-refractivity contribution in [1.82, 2.24) is 10.3 Å². The van der Waals surface area contributed by atoms with Gasteiger partial charge in [-0.05, 0) is 63.6 Å². The maximum absolute atomic E-state index is 12.5. The molecule has 0 unspecified atom stereocenters. The molecular weight excluding hydrogens is 372 g/mol. The molecule has 1 aromatic heterocycles. The standard InChI is InChI=1S/C22H30N2O3S/c1-3-14-27-18-12-11-16(15-19(18)26-4-2)22(25)23-13-7-10-21-24-17-8-5-6-9-20(17)28-21/h11-12,15H,3-10,13-14H2,1-2H3,(H,23,25). The van der Waals surface area contributed by atoms with Crippen molar-refractivity contribution < 1.29 is 14.3 Å². The van der Waals surface area contributed by atoms with Gasteiger partial charge in [-0.1, -0.05) is 6.92 Å². The molecular formula is C22H30N2O3S. The van der Waals surface area contributed by atoms with Gasteiger partial charge in [0.25, 0.3) is 5.91 Å². The van der Waals surface area contributed by atoms with Gasteiger partial charge in [0.15, 0.2) is 11.5 Å². The van der Waals surface area contributed by atoms with Crippen molar-refractivity contribution >= 4 is 17.2 Å². The molecule has 152 valence electrons. The molecule has 0 radical (unpaired) electrons. The van der Waals surface area contributed by atoms with E-state index in [0.29, 0.717) is 36.8 Å². The molecule has 28 heavy (non-hydrogen) atoms. The minimum atomic E-state index is -0.0820. The molecule has 6 heteroatoms. The minimum absolute atomic E-state index is 0.0820. The summed E-state index contributed by atoms with van der Waals surface area (Å²) in [4.78, 5) is 18.7. The summed E-state index contributed by atoms with van der Waals surface area (Å²) in [7, 11) is 0. The van der Waals surface area contributed by atoms with Gasteiger partial charge in [-0.25, -0.2) is 4.98 Å². The smallest absolute Gasteiger partial charge is 0.251 e. The van der Waals surface area contributed by atoms with Crippen molar-refractivity contribution in [2.24, 2.45) is 0 Å². The summed E-state index contributed by atoms with van der Waals surface area (Å²) in [5, 5.41) is 4.21. The van der Waals surface area contributed by atoms with Crippen LogP contribution in [0, 0.1) is 0 Å². The number of hydrogen-bond acceptors (Lipinski definition) is 5. The molecule has 0 aliphatic heterocycles. The van der Waals surface area contributed by atoms with Crippen molar-refractivity contribution in [1.29, 1.82) is 0 Å². The summed E-state index contributed by atoms with van der Waals surface area (Å²) >= 11 is 1.85. The summed E-state index contributed by atoms with van der Waals surface area (Å²) in [6.07, 6.45) is 7.61. The first-order valence-electron chi connectivity index (χ1n) is 10.4. The van der Waals surface area contributed by atoms with Crippen LogP contribution in [-0.4, -0.2) is 30.6 Å². The average Bonchev–Trinajstić information content (AvgIpc) is 3.13. The van der Waals surface area contributed by atoms with E-state index >= 15 is 0 Å². The molecule has 0 spiro atoms. The van der Waals surface area contributed by atoms with Crippen LogP contribution in [-0.2, 0) is 19.3 Å². The zero-order valence-electron chi connectivity index (χ0n) is 16.9. The Labute approximate surface area is 171 Å². The Balaban J connectivity index is 1.50. The van der Waals surface area contributed by atoms with E-state index in [9.17, 15) is 4.79 Å². The Hall–Kier alpha value is -2.08. The van der Waals surface area contributed by atoms with E-state index in [1.165, 1.54) is 34.8 Å². The van der Waals surface area contributed by atoms with E-state index < -0.39 is 0 Å². The Bertz CT molecular complexity index is 765. The Kier molecular flexibility index (Phi) is 7.71. The Morgan fingerprint density at radius 2 is 2.04 bits per heavy atom. The van der Waals surface area contributed by atoms with Crippen LogP contribution in [0.4, 0.5) is 0 Å². The number of aromatic nitrogens is 1. The Morgan fingerprint density at radius 1 is 1.18 bits per heavy atom. The maximum atomic E-state index is 12.5. The van der Waals surface area contributed by atoms with Gasteiger partial charge in [0.05, 0.1) is 23.9 Å². The predicted octanol–water partition coefficient (Wildman–Crippen LogP) is 4.57. The van der Waals surface area contributed by atoms with E-state index in [-0.39, 0.29) is 5.91 Å². The third-order valence-corrected chi connectivity index (χ3v) is 5.93. The highest BCUT2D eigenvalue weighted by molar-refractivity contribution is 7.11. The minimum Gasteiger partial charge on any atom is -0.490 e. The molecule has 1 aliphatic rings.